The number of hydrogen-bond donors (Lipinski definition) is 1. The molecule has 2 unspecified atom stereocenters. The second kappa shape index (κ2) is 9.67. The van der Waals surface area contributed by atoms with Crippen LogP contribution >= 0.6 is 0 Å². The summed E-state index contributed by atoms with van der Waals surface area (Å²) in [6, 6.07) is 11.3. The van der Waals surface area contributed by atoms with Crippen LogP contribution in [-0.2, 0) is 11.3 Å². The molecule has 0 saturated carbocycles. The monoisotopic (exact) mass is 372 g/mol. The minimum absolute atomic E-state index is 0.310. The summed E-state index contributed by atoms with van der Waals surface area (Å²) in [4.78, 5) is 19.5. The molecule has 2 aliphatic rings. The highest BCUT2D eigenvalue weighted by Gasteiger charge is 2.34. The largest absolute Gasteiger partial charge is 0.340 e. The van der Waals surface area contributed by atoms with E-state index >= 15 is 0 Å². The van der Waals surface area contributed by atoms with Crippen LogP contribution in [0.2, 0.25) is 0 Å². The van der Waals surface area contributed by atoms with Crippen molar-refractivity contribution in [2.24, 2.45) is 11.8 Å². The Kier molecular flexibility index (Phi) is 7.27. The predicted octanol–water partition coefficient (Wildman–Crippen LogP) is 1.90. The van der Waals surface area contributed by atoms with Crippen molar-refractivity contribution in [3.8, 4) is 0 Å². The van der Waals surface area contributed by atoms with Gasteiger partial charge in [-0.1, -0.05) is 44.2 Å². The maximum absolute atomic E-state index is 12.5. The number of amides is 1. The molecule has 3 rings (SSSR count). The number of piperazine rings is 1. The number of piperidine rings is 1. The zero-order chi connectivity index (χ0) is 19.2. The van der Waals surface area contributed by atoms with E-state index < -0.39 is 0 Å². The number of carbonyl (C=O) groups is 1. The van der Waals surface area contributed by atoms with Crippen LogP contribution in [-0.4, -0.2) is 79.5 Å². The molecule has 150 valence electrons. The van der Waals surface area contributed by atoms with Crippen LogP contribution in [0.5, 0.6) is 0 Å². The Balaban J connectivity index is 1.48. The smallest absolute Gasteiger partial charge is 0.223 e. The number of carbonyl (C=O) groups excluding carboxylic acids is 1. The number of benzene rings is 1. The Morgan fingerprint density at radius 3 is 2.37 bits per heavy atom. The summed E-state index contributed by atoms with van der Waals surface area (Å²) in [5.74, 6) is 1.53. The summed E-state index contributed by atoms with van der Waals surface area (Å²) in [5.41, 5.74) is 1.39. The van der Waals surface area contributed by atoms with Crippen molar-refractivity contribution in [3.63, 3.8) is 0 Å². The highest BCUT2D eigenvalue weighted by atomic mass is 16.2. The maximum atomic E-state index is 12.5. The van der Waals surface area contributed by atoms with Crippen molar-refractivity contribution in [3.05, 3.63) is 35.9 Å². The normalized spacial score (nSPS) is 27.1. The third-order valence-electron chi connectivity index (χ3n) is 6.16. The minimum Gasteiger partial charge on any atom is -0.340 e. The lowest BCUT2D eigenvalue weighted by atomic mass is 9.84. The molecule has 2 aliphatic heterocycles. The molecule has 5 nitrogen and oxygen atoms in total. The summed E-state index contributed by atoms with van der Waals surface area (Å²) in [6.07, 6.45) is 0.639. The Labute approximate surface area is 164 Å². The average molecular weight is 373 g/mol. The zero-order valence-electron chi connectivity index (χ0n) is 17.2. The first-order valence-electron chi connectivity index (χ1n) is 10.5. The van der Waals surface area contributed by atoms with E-state index in [1.807, 2.05) is 4.90 Å². The Bertz CT molecular complexity index is 575. The van der Waals surface area contributed by atoms with Crippen molar-refractivity contribution in [2.75, 3.05) is 52.9 Å². The van der Waals surface area contributed by atoms with Crippen LogP contribution in [0.15, 0.2) is 30.3 Å². The van der Waals surface area contributed by atoms with E-state index in [2.05, 4.69) is 66.3 Å². The molecule has 1 aromatic rings. The van der Waals surface area contributed by atoms with E-state index in [-0.39, 0.29) is 0 Å². The minimum atomic E-state index is 0.310. The molecular formula is C22H36N4O. The molecule has 1 aromatic carbocycles. The van der Waals surface area contributed by atoms with Crippen LogP contribution in [0.1, 0.15) is 25.8 Å². The van der Waals surface area contributed by atoms with Gasteiger partial charge < -0.3 is 15.1 Å². The van der Waals surface area contributed by atoms with Crippen LogP contribution in [0.4, 0.5) is 0 Å². The maximum Gasteiger partial charge on any atom is 0.223 e. The van der Waals surface area contributed by atoms with E-state index in [1.54, 1.807) is 0 Å². The average Bonchev–Trinajstić information content (AvgIpc) is 2.67. The van der Waals surface area contributed by atoms with Gasteiger partial charge >= 0.3 is 0 Å². The topological polar surface area (TPSA) is 38.8 Å². The van der Waals surface area contributed by atoms with Crippen molar-refractivity contribution < 1.29 is 4.79 Å². The van der Waals surface area contributed by atoms with Gasteiger partial charge in [-0.15, -0.1) is 0 Å². The van der Waals surface area contributed by atoms with Crippen LogP contribution in [0.25, 0.3) is 0 Å². The van der Waals surface area contributed by atoms with Gasteiger partial charge in [0.05, 0.1) is 0 Å². The van der Waals surface area contributed by atoms with Gasteiger partial charge in [-0.05, 0) is 24.4 Å². The van der Waals surface area contributed by atoms with E-state index in [4.69, 9.17) is 0 Å². The molecule has 1 N–H and O–H groups in total. The SMILES string of the molecule is CC1CN(Cc2ccccc2)CC(C)C1N(C)CCC(=O)N1CCNCC1. The molecule has 0 aliphatic carbocycles. The van der Waals surface area contributed by atoms with Crippen molar-refractivity contribution in [2.45, 2.75) is 32.9 Å². The highest BCUT2D eigenvalue weighted by Crippen LogP contribution is 2.27. The lowest BCUT2D eigenvalue weighted by Crippen LogP contribution is -2.54. The Hall–Kier alpha value is -1.43. The number of nitrogens with zero attached hydrogens (tertiary/aromatic N) is 3. The lowest BCUT2D eigenvalue weighted by molar-refractivity contribution is -0.132. The molecule has 0 bridgehead atoms. The number of likely N-dealkylation sites (tertiary alicyclic amines) is 1. The van der Waals surface area contributed by atoms with Crippen LogP contribution < -0.4 is 5.32 Å². The number of rotatable bonds is 6. The van der Waals surface area contributed by atoms with Crippen molar-refractivity contribution in [1.82, 2.24) is 20.0 Å². The summed E-state index contributed by atoms with van der Waals surface area (Å²) in [7, 11) is 2.20. The second-order valence-corrected chi connectivity index (χ2v) is 8.49. The van der Waals surface area contributed by atoms with Crippen molar-refractivity contribution >= 4 is 5.91 Å². The first-order chi connectivity index (χ1) is 13.0. The predicted molar refractivity (Wildman–Crippen MR) is 111 cm³/mol. The molecule has 27 heavy (non-hydrogen) atoms. The quantitative estimate of drug-likeness (QED) is 0.828. The van der Waals surface area contributed by atoms with Gasteiger partial charge in [-0.25, -0.2) is 0 Å². The molecule has 5 heteroatoms. The Morgan fingerprint density at radius 2 is 1.74 bits per heavy atom. The number of nitrogens with one attached hydrogen (secondary N) is 1. The molecule has 1 amide bonds. The van der Waals surface area contributed by atoms with Gasteiger partial charge in [-0.3, -0.25) is 9.69 Å². The second-order valence-electron chi connectivity index (χ2n) is 8.49. The van der Waals surface area contributed by atoms with E-state index in [0.29, 0.717) is 30.2 Å². The molecular weight excluding hydrogens is 336 g/mol. The molecule has 2 fully saturated rings. The fourth-order valence-electron chi connectivity index (χ4n) is 5.00. The van der Waals surface area contributed by atoms with Gasteiger partial charge in [0.2, 0.25) is 5.91 Å². The summed E-state index contributed by atoms with van der Waals surface area (Å²) in [6.45, 7) is 12.4. The molecule has 0 radical (unpaired) electrons. The zero-order valence-corrected chi connectivity index (χ0v) is 17.2. The van der Waals surface area contributed by atoms with Crippen molar-refractivity contribution in [1.29, 1.82) is 0 Å². The van der Waals surface area contributed by atoms with E-state index in [9.17, 15) is 4.79 Å². The first kappa shape index (κ1) is 20.3. The van der Waals surface area contributed by atoms with Gasteiger partial charge in [0.25, 0.3) is 0 Å². The van der Waals surface area contributed by atoms with E-state index in [0.717, 1.165) is 52.4 Å². The van der Waals surface area contributed by atoms with Crippen LogP contribution in [0.3, 0.4) is 0 Å². The lowest BCUT2D eigenvalue weighted by Gasteiger charge is -2.45. The molecule has 2 heterocycles. The molecule has 2 atom stereocenters. The standard InChI is InChI=1S/C22H36N4O/c1-18-15-25(17-20-7-5-4-6-8-20)16-19(2)22(18)24(3)12-9-21(27)26-13-10-23-11-14-26/h4-8,18-19,22-23H,9-17H2,1-3H3. The van der Waals surface area contributed by atoms with Gasteiger partial charge in [0.15, 0.2) is 0 Å². The number of hydrogen-bond acceptors (Lipinski definition) is 4. The fourth-order valence-corrected chi connectivity index (χ4v) is 5.00. The van der Waals surface area contributed by atoms with Gasteiger partial charge in [-0.2, -0.15) is 0 Å². The fraction of sp³-hybridized carbons (Fsp3) is 0.682. The first-order valence-corrected chi connectivity index (χ1v) is 10.5. The highest BCUT2D eigenvalue weighted by molar-refractivity contribution is 5.76. The summed E-state index contributed by atoms with van der Waals surface area (Å²) < 4.78 is 0. The third kappa shape index (κ3) is 5.53. The van der Waals surface area contributed by atoms with E-state index in [1.165, 1.54) is 5.56 Å². The summed E-state index contributed by atoms with van der Waals surface area (Å²) in [5, 5.41) is 3.31. The molecule has 2 saturated heterocycles. The Morgan fingerprint density at radius 1 is 1.11 bits per heavy atom. The van der Waals surface area contributed by atoms with Crippen LogP contribution in [0, 0.1) is 11.8 Å². The molecule has 0 spiro atoms. The van der Waals surface area contributed by atoms with Gasteiger partial charge in [0.1, 0.15) is 0 Å². The molecule has 0 aromatic heterocycles. The summed E-state index contributed by atoms with van der Waals surface area (Å²) >= 11 is 0. The van der Waals surface area contributed by atoms with Gasteiger partial charge in [0, 0.05) is 64.8 Å². The third-order valence-corrected chi connectivity index (χ3v) is 6.16.